The zero-order chi connectivity index (χ0) is 11.9. The second kappa shape index (κ2) is 7.25. The van der Waals surface area contributed by atoms with Gasteiger partial charge in [0.15, 0.2) is 0 Å². The second-order valence-corrected chi connectivity index (χ2v) is 5.82. The minimum Gasteiger partial charge on any atom is -0.381 e. The number of hydrogen-bond acceptors (Lipinski definition) is 3. The topological polar surface area (TPSA) is 33.3 Å². The molecule has 1 saturated heterocycles. The molecule has 96 valence electrons. The maximum atomic E-state index is 5.45. The van der Waals surface area contributed by atoms with E-state index in [-0.39, 0.29) is 5.54 Å². The van der Waals surface area contributed by atoms with E-state index >= 15 is 0 Å². The quantitative estimate of drug-likeness (QED) is 0.680. The fourth-order valence-electron chi connectivity index (χ4n) is 1.95. The molecule has 3 heteroatoms. The summed E-state index contributed by atoms with van der Waals surface area (Å²) in [5, 5.41) is 7.02. The van der Waals surface area contributed by atoms with Crippen molar-refractivity contribution in [3.8, 4) is 0 Å². The number of ether oxygens (including phenoxy) is 1. The van der Waals surface area contributed by atoms with Gasteiger partial charge in [-0.05, 0) is 59.0 Å². The third-order valence-electron chi connectivity index (χ3n) is 2.87. The lowest BCUT2D eigenvalue weighted by Gasteiger charge is -2.23. The molecule has 0 amide bonds. The van der Waals surface area contributed by atoms with Crippen LogP contribution in [0.15, 0.2) is 0 Å². The minimum atomic E-state index is 0.247. The molecule has 0 aromatic rings. The smallest absolute Gasteiger partial charge is 0.0506 e. The second-order valence-electron chi connectivity index (χ2n) is 5.82. The molecular weight excluding hydrogens is 200 g/mol. The largest absolute Gasteiger partial charge is 0.381 e. The Balaban J connectivity index is 1.87. The highest BCUT2D eigenvalue weighted by Crippen LogP contribution is 2.11. The Morgan fingerprint density at radius 2 is 2.06 bits per heavy atom. The van der Waals surface area contributed by atoms with E-state index in [0.717, 1.165) is 38.8 Å². The molecule has 1 rings (SSSR count). The minimum absolute atomic E-state index is 0.247. The van der Waals surface area contributed by atoms with Crippen molar-refractivity contribution in [3.05, 3.63) is 0 Å². The first-order valence-electron chi connectivity index (χ1n) is 6.61. The fraction of sp³-hybridized carbons (Fsp3) is 1.00. The molecule has 0 saturated carbocycles. The van der Waals surface area contributed by atoms with Gasteiger partial charge in [0.2, 0.25) is 0 Å². The molecule has 0 spiro atoms. The van der Waals surface area contributed by atoms with Crippen molar-refractivity contribution in [2.45, 2.75) is 45.6 Å². The Morgan fingerprint density at radius 1 is 1.25 bits per heavy atom. The first kappa shape index (κ1) is 13.9. The summed E-state index contributed by atoms with van der Waals surface area (Å²) in [7, 11) is 0. The van der Waals surface area contributed by atoms with Crippen LogP contribution < -0.4 is 10.6 Å². The molecule has 16 heavy (non-hydrogen) atoms. The first-order valence-corrected chi connectivity index (χ1v) is 6.61. The Morgan fingerprint density at radius 3 is 2.69 bits per heavy atom. The molecule has 1 unspecified atom stereocenters. The van der Waals surface area contributed by atoms with Crippen LogP contribution in [0.4, 0.5) is 0 Å². The van der Waals surface area contributed by atoms with Crippen LogP contribution in [0.2, 0.25) is 0 Å². The van der Waals surface area contributed by atoms with Crippen LogP contribution in [-0.4, -0.2) is 38.4 Å². The van der Waals surface area contributed by atoms with Gasteiger partial charge in [0.05, 0.1) is 6.61 Å². The van der Waals surface area contributed by atoms with E-state index in [1.807, 2.05) is 0 Å². The Hall–Kier alpha value is -0.120. The number of rotatable bonds is 6. The van der Waals surface area contributed by atoms with Gasteiger partial charge in [-0.25, -0.2) is 0 Å². The van der Waals surface area contributed by atoms with E-state index in [0.29, 0.717) is 0 Å². The standard InChI is InChI=1S/C13H28N2O/c1-13(2,3)15-8-5-7-14-10-12-6-4-9-16-11-12/h12,14-15H,4-11H2,1-3H3. The summed E-state index contributed by atoms with van der Waals surface area (Å²) >= 11 is 0. The summed E-state index contributed by atoms with van der Waals surface area (Å²) in [5.41, 5.74) is 0.247. The van der Waals surface area contributed by atoms with E-state index in [1.54, 1.807) is 0 Å². The summed E-state index contributed by atoms with van der Waals surface area (Å²) in [6.07, 6.45) is 3.76. The highest BCUT2D eigenvalue weighted by molar-refractivity contribution is 4.70. The van der Waals surface area contributed by atoms with Gasteiger partial charge >= 0.3 is 0 Å². The maximum absolute atomic E-state index is 5.45. The summed E-state index contributed by atoms with van der Waals surface area (Å²) < 4.78 is 5.45. The van der Waals surface area contributed by atoms with Crippen LogP contribution in [0.3, 0.4) is 0 Å². The van der Waals surface area contributed by atoms with Gasteiger partial charge in [-0.15, -0.1) is 0 Å². The molecule has 0 aliphatic carbocycles. The molecular formula is C13H28N2O. The van der Waals surface area contributed by atoms with Crippen LogP contribution >= 0.6 is 0 Å². The highest BCUT2D eigenvalue weighted by atomic mass is 16.5. The predicted octanol–water partition coefficient (Wildman–Crippen LogP) is 1.78. The van der Waals surface area contributed by atoms with E-state index in [2.05, 4.69) is 31.4 Å². The van der Waals surface area contributed by atoms with Crippen LogP contribution in [-0.2, 0) is 4.74 Å². The van der Waals surface area contributed by atoms with Gasteiger partial charge in [-0.2, -0.15) is 0 Å². The van der Waals surface area contributed by atoms with Gasteiger partial charge in [0.1, 0.15) is 0 Å². The lowest BCUT2D eigenvalue weighted by atomic mass is 10.0. The van der Waals surface area contributed by atoms with Gasteiger partial charge in [0.25, 0.3) is 0 Å². The average molecular weight is 228 g/mol. The third kappa shape index (κ3) is 7.20. The molecule has 1 atom stereocenters. The summed E-state index contributed by atoms with van der Waals surface area (Å²) in [5.74, 6) is 0.740. The average Bonchev–Trinajstić information content (AvgIpc) is 2.23. The predicted molar refractivity (Wildman–Crippen MR) is 68.8 cm³/mol. The molecule has 1 aliphatic rings. The lowest BCUT2D eigenvalue weighted by Crippen LogP contribution is -2.38. The number of hydrogen-bond donors (Lipinski definition) is 2. The molecule has 0 aromatic heterocycles. The van der Waals surface area contributed by atoms with Crippen molar-refractivity contribution in [2.24, 2.45) is 5.92 Å². The first-order chi connectivity index (χ1) is 7.58. The van der Waals surface area contributed by atoms with Crippen molar-refractivity contribution in [1.82, 2.24) is 10.6 Å². The molecule has 0 radical (unpaired) electrons. The van der Waals surface area contributed by atoms with Gasteiger partial charge < -0.3 is 15.4 Å². The molecule has 3 nitrogen and oxygen atoms in total. The molecule has 1 aliphatic heterocycles. The van der Waals surface area contributed by atoms with Gasteiger partial charge in [0, 0.05) is 18.7 Å². The Kier molecular flexibility index (Phi) is 6.32. The summed E-state index contributed by atoms with van der Waals surface area (Å²) in [6.45, 7) is 11.9. The van der Waals surface area contributed by atoms with Crippen molar-refractivity contribution in [2.75, 3.05) is 32.8 Å². The SMILES string of the molecule is CC(C)(C)NCCCNCC1CCCOC1. The van der Waals surface area contributed by atoms with Crippen LogP contribution in [0.25, 0.3) is 0 Å². The van der Waals surface area contributed by atoms with Gasteiger partial charge in [-0.1, -0.05) is 0 Å². The third-order valence-corrected chi connectivity index (χ3v) is 2.87. The fourth-order valence-corrected chi connectivity index (χ4v) is 1.95. The van der Waals surface area contributed by atoms with Gasteiger partial charge in [-0.3, -0.25) is 0 Å². The monoisotopic (exact) mass is 228 g/mol. The molecule has 0 aromatic carbocycles. The lowest BCUT2D eigenvalue weighted by molar-refractivity contribution is 0.0549. The normalized spacial score (nSPS) is 22.3. The van der Waals surface area contributed by atoms with Crippen molar-refractivity contribution < 1.29 is 4.74 Å². The Labute approximate surface area is 100 Å². The zero-order valence-corrected chi connectivity index (χ0v) is 11.1. The van der Waals surface area contributed by atoms with E-state index in [4.69, 9.17) is 4.74 Å². The zero-order valence-electron chi connectivity index (χ0n) is 11.1. The highest BCUT2D eigenvalue weighted by Gasteiger charge is 2.12. The van der Waals surface area contributed by atoms with E-state index in [1.165, 1.54) is 19.3 Å². The van der Waals surface area contributed by atoms with E-state index in [9.17, 15) is 0 Å². The van der Waals surface area contributed by atoms with Crippen molar-refractivity contribution >= 4 is 0 Å². The maximum Gasteiger partial charge on any atom is 0.0506 e. The molecule has 1 heterocycles. The molecule has 0 bridgehead atoms. The van der Waals surface area contributed by atoms with Crippen molar-refractivity contribution in [1.29, 1.82) is 0 Å². The number of nitrogens with one attached hydrogen (secondary N) is 2. The Bertz CT molecular complexity index is 171. The summed E-state index contributed by atoms with van der Waals surface area (Å²) in [4.78, 5) is 0. The van der Waals surface area contributed by atoms with Crippen LogP contribution in [0, 0.1) is 5.92 Å². The van der Waals surface area contributed by atoms with Crippen LogP contribution in [0.1, 0.15) is 40.0 Å². The summed E-state index contributed by atoms with van der Waals surface area (Å²) in [6, 6.07) is 0. The van der Waals surface area contributed by atoms with Crippen molar-refractivity contribution in [3.63, 3.8) is 0 Å². The molecule has 1 fully saturated rings. The van der Waals surface area contributed by atoms with E-state index < -0.39 is 0 Å². The molecule has 2 N–H and O–H groups in total. The van der Waals surface area contributed by atoms with Crippen LogP contribution in [0.5, 0.6) is 0 Å².